The molecule has 1 heteroatoms. The third-order valence-corrected chi connectivity index (χ3v) is 4.92. The SMILES string of the molecule is C#Cc1ccc(CCC(=C)N)cc1C.C=C/C=C(\C=C/C)C(=C)C(CCCC)=C(C)C.CC. The van der Waals surface area contributed by atoms with Crippen molar-refractivity contribution in [2.45, 2.75) is 80.6 Å². The van der Waals surface area contributed by atoms with Gasteiger partial charge in [0.05, 0.1) is 0 Å². The lowest BCUT2D eigenvalue weighted by Gasteiger charge is -2.14. The highest BCUT2D eigenvalue weighted by molar-refractivity contribution is 5.52. The average molecular weight is 446 g/mol. The predicted octanol–water partition coefficient (Wildman–Crippen LogP) is 9.17. The van der Waals surface area contributed by atoms with Gasteiger partial charge < -0.3 is 5.73 Å². The van der Waals surface area contributed by atoms with Crippen LogP contribution in [0.4, 0.5) is 0 Å². The van der Waals surface area contributed by atoms with Crippen molar-refractivity contribution in [2.75, 3.05) is 0 Å². The van der Waals surface area contributed by atoms with Gasteiger partial charge in [0, 0.05) is 11.3 Å². The molecule has 0 aromatic heterocycles. The van der Waals surface area contributed by atoms with Gasteiger partial charge >= 0.3 is 0 Å². The topological polar surface area (TPSA) is 26.0 Å². The lowest BCUT2D eigenvalue weighted by molar-refractivity contribution is 0.787. The quantitative estimate of drug-likeness (QED) is 0.282. The summed E-state index contributed by atoms with van der Waals surface area (Å²) in [6.07, 6.45) is 18.6. The lowest BCUT2D eigenvalue weighted by Crippen LogP contribution is -1.97. The molecule has 0 radical (unpaired) electrons. The van der Waals surface area contributed by atoms with Gasteiger partial charge in [-0.05, 0) is 87.3 Å². The Morgan fingerprint density at radius 2 is 1.79 bits per heavy atom. The molecule has 2 N–H and O–H groups in total. The number of aryl methyl sites for hydroxylation is 2. The average Bonchev–Trinajstić information content (AvgIpc) is 2.79. The smallest absolute Gasteiger partial charge is 0.0271 e. The highest BCUT2D eigenvalue weighted by Crippen LogP contribution is 2.26. The molecule has 0 aliphatic carbocycles. The van der Waals surface area contributed by atoms with Crippen molar-refractivity contribution < 1.29 is 0 Å². The molecule has 0 fully saturated rings. The Morgan fingerprint density at radius 1 is 1.15 bits per heavy atom. The van der Waals surface area contributed by atoms with E-state index in [0.29, 0.717) is 0 Å². The van der Waals surface area contributed by atoms with Crippen molar-refractivity contribution >= 4 is 0 Å². The fourth-order valence-electron chi connectivity index (χ4n) is 3.14. The molecule has 180 valence electrons. The molecule has 0 atom stereocenters. The second-order valence-corrected chi connectivity index (χ2v) is 7.87. The monoisotopic (exact) mass is 445 g/mol. The van der Waals surface area contributed by atoms with E-state index in [0.717, 1.165) is 47.2 Å². The van der Waals surface area contributed by atoms with Crippen molar-refractivity contribution in [3.8, 4) is 12.3 Å². The minimum absolute atomic E-state index is 0.726. The highest BCUT2D eigenvalue weighted by Gasteiger charge is 2.07. The van der Waals surface area contributed by atoms with Gasteiger partial charge in [0.2, 0.25) is 0 Å². The summed E-state index contributed by atoms with van der Waals surface area (Å²) < 4.78 is 0. The van der Waals surface area contributed by atoms with E-state index in [4.69, 9.17) is 12.2 Å². The van der Waals surface area contributed by atoms with E-state index in [9.17, 15) is 0 Å². The van der Waals surface area contributed by atoms with Gasteiger partial charge in [-0.3, -0.25) is 0 Å². The number of unbranched alkanes of at least 4 members (excludes halogenated alkanes) is 1. The van der Waals surface area contributed by atoms with Crippen LogP contribution in [0.1, 0.15) is 83.9 Å². The first kappa shape index (κ1) is 32.2. The zero-order valence-corrected chi connectivity index (χ0v) is 22.4. The molecular formula is C32H47N. The second kappa shape index (κ2) is 19.7. The second-order valence-electron chi connectivity index (χ2n) is 7.87. The summed E-state index contributed by atoms with van der Waals surface area (Å²) in [6, 6.07) is 6.13. The zero-order valence-electron chi connectivity index (χ0n) is 22.4. The molecule has 0 amide bonds. The molecule has 0 saturated heterocycles. The molecule has 0 aliphatic heterocycles. The number of benzene rings is 1. The van der Waals surface area contributed by atoms with Crippen molar-refractivity contribution in [2.24, 2.45) is 5.73 Å². The Morgan fingerprint density at radius 3 is 2.21 bits per heavy atom. The van der Waals surface area contributed by atoms with E-state index < -0.39 is 0 Å². The number of terminal acetylenes is 1. The van der Waals surface area contributed by atoms with Gasteiger partial charge in [-0.15, -0.1) is 6.42 Å². The summed E-state index contributed by atoms with van der Waals surface area (Å²) in [6.45, 7) is 26.3. The fourth-order valence-corrected chi connectivity index (χ4v) is 3.14. The Kier molecular flexibility index (Phi) is 19.2. The minimum atomic E-state index is 0.726. The standard InChI is InChI=1S/C17H26.C13H15N.C2H6/c1-7-10-13-17(14(4)5)15(6)16(11-8-2)12-9-3;1-4-13-8-7-12(9-10(13)2)6-5-11(3)14;1-2/h8-9,11-12H,2,6-7,10,13H2,1,3-5H3;1,7-9H,3,5-6,14H2,2H3;1-2H3/b12-9-,16-11+;;. The first-order chi connectivity index (χ1) is 15.7. The van der Waals surface area contributed by atoms with E-state index in [1.54, 1.807) is 0 Å². The molecule has 1 rings (SSSR count). The molecule has 1 nitrogen and oxygen atoms in total. The number of hydrogen-bond acceptors (Lipinski definition) is 1. The van der Waals surface area contributed by atoms with Gasteiger partial charge in [-0.2, -0.15) is 0 Å². The summed E-state index contributed by atoms with van der Waals surface area (Å²) >= 11 is 0. The number of nitrogens with two attached hydrogens (primary N) is 1. The van der Waals surface area contributed by atoms with Gasteiger partial charge in [0.1, 0.15) is 0 Å². The minimum Gasteiger partial charge on any atom is -0.403 e. The fraction of sp³-hybridized carbons (Fsp3) is 0.375. The normalized spacial score (nSPS) is 10.2. The summed E-state index contributed by atoms with van der Waals surface area (Å²) in [7, 11) is 0. The summed E-state index contributed by atoms with van der Waals surface area (Å²) in [5, 5.41) is 0. The number of allylic oxidation sites excluding steroid dienone is 9. The highest BCUT2D eigenvalue weighted by atomic mass is 14.5. The van der Waals surface area contributed by atoms with Gasteiger partial charge in [-0.25, -0.2) is 0 Å². The first-order valence-electron chi connectivity index (χ1n) is 12.0. The van der Waals surface area contributed by atoms with Gasteiger partial charge in [0.25, 0.3) is 0 Å². The van der Waals surface area contributed by atoms with E-state index >= 15 is 0 Å². The van der Waals surface area contributed by atoms with Gasteiger partial charge in [-0.1, -0.05) is 94.9 Å². The summed E-state index contributed by atoms with van der Waals surface area (Å²) in [4.78, 5) is 0. The summed E-state index contributed by atoms with van der Waals surface area (Å²) in [5.41, 5.74) is 14.6. The molecule has 0 spiro atoms. The molecule has 0 saturated carbocycles. The van der Waals surface area contributed by atoms with E-state index in [-0.39, 0.29) is 0 Å². The molecule has 1 aromatic carbocycles. The van der Waals surface area contributed by atoms with Crippen LogP contribution in [0.3, 0.4) is 0 Å². The van der Waals surface area contributed by atoms with Crippen LogP contribution in [0.5, 0.6) is 0 Å². The van der Waals surface area contributed by atoms with E-state index in [1.165, 1.54) is 29.6 Å². The molecule has 0 aliphatic rings. The van der Waals surface area contributed by atoms with Crippen LogP contribution in [0.25, 0.3) is 0 Å². The molecule has 0 bridgehead atoms. The largest absolute Gasteiger partial charge is 0.403 e. The number of rotatable bonds is 10. The first-order valence-corrected chi connectivity index (χ1v) is 12.0. The lowest BCUT2D eigenvalue weighted by atomic mass is 9.91. The van der Waals surface area contributed by atoms with Crippen LogP contribution in [-0.4, -0.2) is 0 Å². The Hall–Kier alpha value is -2.98. The third-order valence-electron chi connectivity index (χ3n) is 4.92. The molecule has 0 unspecified atom stereocenters. The van der Waals surface area contributed by atoms with Crippen LogP contribution in [0.2, 0.25) is 0 Å². The van der Waals surface area contributed by atoms with Crippen LogP contribution in [-0.2, 0) is 6.42 Å². The Labute approximate surface area is 205 Å². The zero-order chi connectivity index (χ0) is 25.8. The summed E-state index contributed by atoms with van der Waals surface area (Å²) in [5.74, 6) is 2.65. The molecule has 0 heterocycles. The van der Waals surface area contributed by atoms with E-state index in [1.807, 2.05) is 58.1 Å². The van der Waals surface area contributed by atoms with Crippen LogP contribution >= 0.6 is 0 Å². The van der Waals surface area contributed by atoms with Crippen molar-refractivity contribution in [1.82, 2.24) is 0 Å². The van der Waals surface area contributed by atoms with Crippen LogP contribution in [0.15, 0.2) is 90.2 Å². The third kappa shape index (κ3) is 13.9. The molecule has 1 aromatic rings. The maximum absolute atomic E-state index is 5.51. The number of hydrogen-bond donors (Lipinski definition) is 1. The maximum Gasteiger partial charge on any atom is 0.0271 e. The van der Waals surface area contributed by atoms with Crippen molar-refractivity contribution in [3.05, 3.63) is 107 Å². The molecular weight excluding hydrogens is 398 g/mol. The van der Waals surface area contributed by atoms with Crippen molar-refractivity contribution in [1.29, 1.82) is 0 Å². The van der Waals surface area contributed by atoms with Crippen LogP contribution < -0.4 is 5.73 Å². The molecule has 33 heavy (non-hydrogen) atoms. The predicted molar refractivity (Wildman–Crippen MR) is 152 cm³/mol. The Bertz CT molecular complexity index is 878. The van der Waals surface area contributed by atoms with Crippen molar-refractivity contribution in [3.63, 3.8) is 0 Å². The Balaban J connectivity index is 0. The van der Waals surface area contributed by atoms with Gasteiger partial charge in [0.15, 0.2) is 0 Å². The van der Waals surface area contributed by atoms with E-state index in [2.05, 4.69) is 58.6 Å². The maximum atomic E-state index is 5.51. The van der Waals surface area contributed by atoms with Crippen LogP contribution in [0, 0.1) is 19.3 Å².